The zero-order valence-corrected chi connectivity index (χ0v) is 13.2. The Morgan fingerprint density at radius 3 is 2.76 bits per heavy atom. The summed E-state index contributed by atoms with van der Waals surface area (Å²) in [6, 6.07) is 4.04. The molecule has 0 saturated heterocycles. The molecule has 1 atom stereocenters. The molecule has 2 rings (SSSR count). The second kappa shape index (κ2) is 6.15. The van der Waals surface area contributed by atoms with Gasteiger partial charge >= 0.3 is 0 Å². The normalized spacial score (nSPS) is 13.3. The van der Waals surface area contributed by atoms with Crippen LogP contribution in [0.3, 0.4) is 0 Å². The van der Waals surface area contributed by atoms with E-state index in [1.807, 2.05) is 0 Å². The standard InChI is InChI=1S/C13H16ClN3O3S/c1-8-7-16-13(20-8)9(2)17-21(18,19)12-5-10(6-15)3-4-11(12)14/h3-5,7,9,17H,6,15H2,1-2H3. The van der Waals surface area contributed by atoms with Gasteiger partial charge in [0.2, 0.25) is 15.9 Å². The van der Waals surface area contributed by atoms with Crippen LogP contribution in [0.25, 0.3) is 0 Å². The molecular formula is C13H16ClN3O3S. The van der Waals surface area contributed by atoms with E-state index in [-0.39, 0.29) is 16.5 Å². The quantitative estimate of drug-likeness (QED) is 0.875. The van der Waals surface area contributed by atoms with Crippen LogP contribution >= 0.6 is 11.6 Å². The van der Waals surface area contributed by atoms with Gasteiger partial charge in [-0.05, 0) is 31.5 Å². The molecule has 2 aromatic rings. The number of rotatable bonds is 5. The Bertz CT molecular complexity index is 743. The van der Waals surface area contributed by atoms with Gasteiger partial charge < -0.3 is 10.2 Å². The van der Waals surface area contributed by atoms with Gasteiger partial charge in [-0.2, -0.15) is 4.72 Å². The molecule has 0 fully saturated rings. The molecule has 0 aliphatic heterocycles. The molecule has 0 amide bonds. The molecule has 0 aliphatic rings. The van der Waals surface area contributed by atoms with Crippen molar-refractivity contribution in [3.8, 4) is 0 Å². The SMILES string of the molecule is Cc1cnc(C(C)NS(=O)(=O)c2cc(CN)ccc2Cl)o1. The first-order valence-electron chi connectivity index (χ1n) is 6.26. The van der Waals surface area contributed by atoms with Crippen molar-refractivity contribution in [3.63, 3.8) is 0 Å². The molecule has 1 unspecified atom stereocenters. The third kappa shape index (κ3) is 3.62. The molecule has 21 heavy (non-hydrogen) atoms. The summed E-state index contributed by atoms with van der Waals surface area (Å²) >= 11 is 5.97. The van der Waals surface area contributed by atoms with Gasteiger partial charge in [-0.3, -0.25) is 0 Å². The summed E-state index contributed by atoms with van der Waals surface area (Å²) in [4.78, 5) is 3.99. The fraction of sp³-hybridized carbons (Fsp3) is 0.308. The van der Waals surface area contributed by atoms with E-state index in [2.05, 4.69) is 9.71 Å². The Hall–Kier alpha value is -1.41. The predicted octanol–water partition coefficient (Wildman–Crippen LogP) is 2.13. The van der Waals surface area contributed by atoms with Crippen LogP contribution in [0.5, 0.6) is 0 Å². The first-order valence-corrected chi connectivity index (χ1v) is 8.12. The number of aryl methyl sites for hydroxylation is 1. The maximum absolute atomic E-state index is 12.4. The van der Waals surface area contributed by atoms with Crippen molar-refractivity contribution < 1.29 is 12.8 Å². The van der Waals surface area contributed by atoms with E-state index in [4.69, 9.17) is 21.8 Å². The number of benzene rings is 1. The van der Waals surface area contributed by atoms with Crippen molar-refractivity contribution in [3.05, 3.63) is 46.6 Å². The van der Waals surface area contributed by atoms with Gasteiger partial charge in [0.25, 0.3) is 0 Å². The highest BCUT2D eigenvalue weighted by atomic mass is 35.5. The van der Waals surface area contributed by atoms with Crippen LogP contribution in [0, 0.1) is 6.92 Å². The number of nitrogens with one attached hydrogen (secondary N) is 1. The average Bonchev–Trinajstić information content (AvgIpc) is 2.85. The average molecular weight is 330 g/mol. The van der Waals surface area contributed by atoms with Gasteiger partial charge in [-0.1, -0.05) is 17.7 Å². The van der Waals surface area contributed by atoms with Crippen LogP contribution in [-0.4, -0.2) is 13.4 Å². The van der Waals surface area contributed by atoms with Crippen molar-refractivity contribution in [1.29, 1.82) is 0 Å². The third-order valence-electron chi connectivity index (χ3n) is 2.86. The second-order valence-electron chi connectivity index (χ2n) is 4.62. The molecule has 0 spiro atoms. The largest absolute Gasteiger partial charge is 0.444 e. The maximum atomic E-state index is 12.4. The number of hydrogen-bond donors (Lipinski definition) is 2. The molecule has 0 saturated carbocycles. The van der Waals surface area contributed by atoms with Gasteiger partial charge in [0.1, 0.15) is 10.7 Å². The number of hydrogen-bond acceptors (Lipinski definition) is 5. The lowest BCUT2D eigenvalue weighted by Gasteiger charge is -2.13. The van der Waals surface area contributed by atoms with Crippen molar-refractivity contribution >= 4 is 21.6 Å². The number of nitrogens with zero attached hydrogens (tertiary/aromatic N) is 1. The number of halogens is 1. The van der Waals surface area contributed by atoms with Gasteiger partial charge in [0.15, 0.2) is 0 Å². The topological polar surface area (TPSA) is 98.2 Å². The molecule has 1 heterocycles. The van der Waals surface area contributed by atoms with Crippen molar-refractivity contribution in [2.75, 3.05) is 0 Å². The minimum absolute atomic E-state index is 0.0118. The van der Waals surface area contributed by atoms with Crippen molar-refractivity contribution in [1.82, 2.24) is 9.71 Å². The fourth-order valence-electron chi connectivity index (χ4n) is 1.80. The minimum atomic E-state index is -3.80. The molecule has 0 radical (unpaired) electrons. The first-order chi connectivity index (χ1) is 9.83. The molecule has 0 aliphatic carbocycles. The molecule has 1 aromatic carbocycles. The van der Waals surface area contributed by atoms with E-state index in [0.29, 0.717) is 17.2 Å². The van der Waals surface area contributed by atoms with Crippen LogP contribution < -0.4 is 10.5 Å². The number of aromatic nitrogens is 1. The number of oxazole rings is 1. The number of sulfonamides is 1. The minimum Gasteiger partial charge on any atom is -0.444 e. The Balaban J connectivity index is 2.30. The van der Waals surface area contributed by atoms with E-state index >= 15 is 0 Å². The van der Waals surface area contributed by atoms with Gasteiger partial charge in [-0.25, -0.2) is 13.4 Å². The van der Waals surface area contributed by atoms with E-state index in [1.165, 1.54) is 18.3 Å². The molecule has 114 valence electrons. The Labute approximate surface area is 128 Å². The van der Waals surface area contributed by atoms with Gasteiger partial charge in [0, 0.05) is 6.54 Å². The lowest BCUT2D eigenvalue weighted by molar-refractivity contribution is 0.428. The van der Waals surface area contributed by atoms with Crippen LogP contribution in [0.4, 0.5) is 0 Å². The van der Waals surface area contributed by atoms with Crippen LogP contribution in [0.15, 0.2) is 33.7 Å². The third-order valence-corrected chi connectivity index (χ3v) is 4.88. The highest BCUT2D eigenvalue weighted by molar-refractivity contribution is 7.89. The fourth-order valence-corrected chi connectivity index (χ4v) is 3.55. The highest BCUT2D eigenvalue weighted by Gasteiger charge is 2.23. The Morgan fingerprint density at radius 2 is 2.19 bits per heavy atom. The summed E-state index contributed by atoms with van der Waals surface area (Å²) in [6.07, 6.45) is 1.53. The molecule has 3 N–H and O–H groups in total. The summed E-state index contributed by atoms with van der Waals surface area (Å²) in [5.41, 5.74) is 6.20. The molecule has 8 heteroatoms. The maximum Gasteiger partial charge on any atom is 0.242 e. The molecular weight excluding hydrogens is 314 g/mol. The van der Waals surface area contributed by atoms with Crippen molar-refractivity contribution in [2.24, 2.45) is 5.73 Å². The molecule has 0 bridgehead atoms. The summed E-state index contributed by atoms with van der Waals surface area (Å²) < 4.78 is 32.6. The highest BCUT2D eigenvalue weighted by Crippen LogP contribution is 2.24. The van der Waals surface area contributed by atoms with Crippen molar-refractivity contribution in [2.45, 2.75) is 31.3 Å². The van der Waals surface area contributed by atoms with E-state index in [9.17, 15) is 8.42 Å². The van der Waals surface area contributed by atoms with Crippen LogP contribution in [-0.2, 0) is 16.6 Å². The summed E-state index contributed by atoms with van der Waals surface area (Å²) in [6.45, 7) is 3.61. The summed E-state index contributed by atoms with van der Waals surface area (Å²) in [7, 11) is -3.80. The van der Waals surface area contributed by atoms with Gasteiger partial charge in [0.05, 0.1) is 17.3 Å². The number of nitrogens with two attached hydrogens (primary N) is 1. The second-order valence-corrected chi connectivity index (χ2v) is 6.71. The summed E-state index contributed by atoms with van der Waals surface area (Å²) in [5.74, 6) is 0.904. The van der Waals surface area contributed by atoms with Gasteiger partial charge in [-0.15, -0.1) is 0 Å². The summed E-state index contributed by atoms with van der Waals surface area (Å²) in [5, 5.41) is 0.135. The van der Waals surface area contributed by atoms with Crippen LogP contribution in [0.2, 0.25) is 5.02 Å². The zero-order valence-electron chi connectivity index (χ0n) is 11.6. The Kier molecular flexibility index (Phi) is 4.67. The molecule has 1 aromatic heterocycles. The molecule has 6 nitrogen and oxygen atoms in total. The Morgan fingerprint density at radius 1 is 1.48 bits per heavy atom. The first kappa shape index (κ1) is 16.0. The smallest absolute Gasteiger partial charge is 0.242 e. The van der Waals surface area contributed by atoms with E-state index < -0.39 is 16.1 Å². The lowest BCUT2D eigenvalue weighted by Crippen LogP contribution is -2.27. The zero-order chi connectivity index (χ0) is 15.6. The monoisotopic (exact) mass is 329 g/mol. The predicted molar refractivity (Wildman–Crippen MR) is 79.3 cm³/mol. The van der Waals surface area contributed by atoms with E-state index in [1.54, 1.807) is 19.9 Å². The lowest BCUT2D eigenvalue weighted by atomic mass is 10.2. The van der Waals surface area contributed by atoms with E-state index in [0.717, 1.165) is 0 Å². The van der Waals surface area contributed by atoms with Crippen LogP contribution in [0.1, 0.15) is 30.2 Å².